The minimum atomic E-state index is -0.220. The number of anilines is 1. The molecule has 1 fully saturated rings. The average Bonchev–Trinajstić information content (AvgIpc) is 2.48. The van der Waals surface area contributed by atoms with Crippen LogP contribution < -0.4 is 11.2 Å². The Morgan fingerprint density at radius 2 is 1.95 bits per heavy atom. The predicted octanol–water partition coefficient (Wildman–Crippen LogP) is 2.51. The zero-order chi connectivity index (χ0) is 13.9. The molecule has 0 saturated carbocycles. The lowest BCUT2D eigenvalue weighted by Gasteiger charge is -2.30. The van der Waals surface area contributed by atoms with Crippen molar-refractivity contribution in [2.45, 2.75) is 25.3 Å². The largest absolute Gasteiger partial charge is 0.324 e. The standard InChI is InChI=1S/C16H19N3O/c17-19-11-4-3-10-15(19)16(20)18-14-9-5-7-12-6-1-2-8-13(12)14/h1-2,5-9,15H,3-4,10-11,17H2,(H,18,20). The number of nitrogens with one attached hydrogen (secondary N) is 1. The van der Waals surface area contributed by atoms with Gasteiger partial charge in [-0.15, -0.1) is 0 Å². The average molecular weight is 269 g/mol. The minimum absolute atomic E-state index is 0.0106. The first-order chi connectivity index (χ1) is 9.75. The molecule has 2 aromatic rings. The molecule has 1 atom stereocenters. The summed E-state index contributed by atoms with van der Waals surface area (Å²) in [6, 6.07) is 13.8. The molecule has 0 spiro atoms. The second-order valence-electron chi connectivity index (χ2n) is 5.27. The van der Waals surface area contributed by atoms with Crippen LogP contribution in [-0.4, -0.2) is 23.5 Å². The third-order valence-corrected chi connectivity index (χ3v) is 3.89. The highest BCUT2D eigenvalue weighted by atomic mass is 16.2. The maximum Gasteiger partial charge on any atom is 0.243 e. The van der Waals surface area contributed by atoms with E-state index in [9.17, 15) is 4.79 Å². The highest BCUT2D eigenvalue weighted by Gasteiger charge is 2.26. The number of amides is 1. The maximum absolute atomic E-state index is 12.4. The molecule has 1 heterocycles. The summed E-state index contributed by atoms with van der Waals surface area (Å²) in [7, 11) is 0. The van der Waals surface area contributed by atoms with Crippen molar-refractivity contribution in [3.05, 3.63) is 42.5 Å². The summed E-state index contributed by atoms with van der Waals surface area (Å²) >= 11 is 0. The Morgan fingerprint density at radius 3 is 2.80 bits per heavy atom. The molecule has 0 bridgehead atoms. The van der Waals surface area contributed by atoms with E-state index in [-0.39, 0.29) is 11.9 Å². The van der Waals surface area contributed by atoms with Gasteiger partial charge in [-0.1, -0.05) is 36.4 Å². The molecule has 4 nitrogen and oxygen atoms in total. The van der Waals surface area contributed by atoms with E-state index in [0.29, 0.717) is 0 Å². The Hall–Kier alpha value is -1.91. The number of hydrogen-bond donors (Lipinski definition) is 2. The van der Waals surface area contributed by atoms with Crippen molar-refractivity contribution in [1.29, 1.82) is 0 Å². The van der Waals surface area contributed by atoms with E-state index >= 15 is 0 Å². The van der Waals surface area contributed by atoms with Gasteiger partial charge in [0, 0.05) is 17.6 Å². The first-order valence-electron chi connectivity index (χ1n) is 7.06. The molecule has 20 heavy (non-hydrogen) atoms. The number of benzene rings is 2. The maximum atomic E-state index is 12.4. The topological polar surface area (TPSA) is 58.4 Å². The fourth-order valence-corrected chi connectivity index (χ4v) is 2.79. The Morgan fingerprint density at radius 1 is 1.15 bits per heavy atom. The molecule has 4 heteroatoms. The van der Waals surface area contributed by atoms with Gasteiger partial charge in [0.1, 0.15) is 6.04 Å². The van der Waals surface area contributed by atoms with Crippen molar-refractivity contribution in [3.63, 3.8) is 0 Å². The Balaban J connectivity index is 1.84. The van der Waals surface area contributed by atoms with E-state index in [4.69, 9.17) is 5.84 Å². The highest BCUT2D eigenvalue weighted by Crippen LogP contribution is 2.24. The second kappa shape index (κ2) is 5.61. The second-order valence-corrected chi connectivity index (χ2v) is 5.27. The molecule has 0 aliphatic carbocycles. The Labute approximate surface area is 118 Å². The minimum Gasteiger partial charge on any atom is -0.324 e. The zero-order valence-corrected chi connectivity index (χ0v) is 11.4. The molecule has 1 saturated heterocycles. The molecule has 1 unspecified atom stereocenters. The number of hydrazine groups is 1. The number of hydrogen-bond acceptors (Lipinski definition) is 3. The van der Waals surface area contributed by atoms with Crippen molar-refractivity contribution >= 4 is 22.4 Å². The quantitative estimate of drug-likeness (QED) is 0.824. The van der Waals surface area contributed by atoms with Crippen molar-refractivity contribution < 1.29 is 4.79 Å². The molecule has 1 amide bonds. The van der Waals surface area contributed by atoms with Gasteiger partial charge in [-0.25, -0.2) is 5.01 Å². The third kappa shape index (κ3) is 2.53. The van der Waals surface area contributed by atoms with Crippen molar-refractivity contribution in [2.75, 3.05) is 11.9 Å². The van der Waals surface area contributed by atoms with Gasteiger partial charge in [-0.3, -0.25) is 10.6 Å². The van der Waals surface area contributed by atoms with Gasteiger partial charge in [0.15, 0.2) is 0 Å². The van der Waals surface area contributed by atoms with Crippen LogP contribution in [0, 0.1) is 0 Å². The summed E-state index contributed by atoms with van der Waals surface area (Å²) in [6.45, 7) is 0.785. The molecule has 104 valence electrons. The van der Waals surface area contributed by atoms with Gasteiger partial charge in [0.05, 0.1) is 0 Å². The van der Waals surface area contributed by atoms with Gasteiger partial charge in [-0.05, 0) is 30.7 Å². The smallest absolute Gasteiger partial charge is 0.243 e. The number of fused-ring (bicyclic) bond motifs is 1. The lowest BCUT2D eigenvalue weighted by Crippen LogP contribution is -2.50. The summed E-state index contributed by atoms with van der Waals surface area (Å²) in [4.78, 5) is 12.4. The summed E-state index contributed by atoms with van der Waals surface area (Å²) in [5.41, 5.74) is 0.854. The van der Waals surface area contributed by atoms with Crippen molar-refractivity contribution in [3.8, 4) is 0 Å². The summed E-state index contributed by atoms with van der Waals surface area (Å²) in [6.07, 6.45) is 2.95. The molecule has 0 radical (unpaired) electrons. The Bertz CT molecular complexity index is 621. The number of carbonyl (C=O) groups is 1. The molecule has 1 aliphatic heterocycles. The number of piperidine rings is 1. The van der Waals surface area contributed by atoms with E-state index in [2.05, 4.69) is 5.32 Å². The summed E-state index contributed by atoms with van der Waals surface area (Å²) < 4.78 is 0. The van der Waals surface area contributed by atoms with Gasteiger partial charge in [0.25, 0.3) is 0 Å². The van der Waals surface area contributed by atoms with Gasteiger partial charge < -0.3 is 5.32 Å². The van der Waals surface area contributed by atoms with Crippen LogP contribution in [0.4, 0.5) is 5.69 Å². The number of nitrogens with zero attached hydrogens (tertiary/aromatic N) is 1. The van der Waals surface area contributed by atoms with Crippen LogP contribution in [0.3, 0.4) is 0 Å². The van der Waals surface area contributed by atoms with Crippen LogP contribution in [0.25, 0.3) is 10.8 Å². The van der Waals surface area contributed by atoms with Crippen LogP contribution in [0.15, 0.2) is 42.5 Å². The highest BCUT2D eigenvalue weighted by molar-refractivity contribution is 6.03. The van der Waals surface area contributed by atoms with Gasteiger partial charge in [-0.2, -0.15) is 0 Å². The van der Waals surface area contributed by atoms with Crippen LogP contribution in [0.5, 0.6) is 0 Å². The van der Waals surface area contributed by atoms with Crippen LogP contribution in [-0.2, 0) is 4.79 Å². The monoisotopic (exact) mass is 269 g/mol. The van der Waals surface area contributed by atoms with E-state index in [1.165, 1.54) is 0 Å². The molecular formula is C16H19N3O. The van der Waals surface area contributed by atoms with E-state index < -0.39 is 0 Å². The fourth-order valence-electron chi connectivity index (χ4n) is 2.79. The van der Waals surface area contributed by atoms with Crippen molar-refractivity contribution in [1.82, 2.24) is 5.01 Å². The van der Waals surface area contributed by atoms with Crippen LogP contribution >= 0.6 is 0 Å². The molecule has 3 N–H and O–H groups in total. The first-order valence-corrected chi connectivity index (χ1v) is 7.06. The number of carbonyl (C=O) groups excluding carboxylic acids is 1. The predicted molar refractivity (Wildman–Crippen MR) is 81.1 cm³/mol. The number of nitrogens with two attached hydrogens (primary N) is 1. The SMILES string of the molecule is NN1CCCCC1C(=O)Nc1cccc2ccccc12. The molecule has 3 rings (SSSR count). The van der Waals surface area contributed by atoms with Crippen LogP contribution in [0.1, 0.15) is 19.3 Å². The van der Waals surface area contributed by atoms with Crippen LogP contribution in [0.2, 0.25) is 0 Å². The zero-order valence-electron chi connectivity index (χ0n) is 11.4. The van der Waals surface area contributed by atoms with E-state index in [1.54, 1.807) is 5.01 Å². The van der Waals surface area contributed by atoms with E-state index in [0.717, 1.165) is 42.3 Å². The summed E-state index contributed by atoms with van der Waals surface area (Å²) in [5.74, 6) is 5.91. The Kier molecular flexibility index (Phi) is 3.67. The van der Waals surface area contributed by atoms with Crippen molar-refractivity contribution in [2.24, 2.45) is 5.84 Å². The molecule has 0 aromatic heterocycles. The summed E-state index contributed by atoms with van der Waals surface area (Å²) in [5, 5.41) is 6.86. The first kappa shape index (κ1) is 13.1. The molecular weight excluding hydrogens is 250 g/mol. The third-order valence-electron chi connectivity index (χ3n) is 3.89. The molecule has 2 aromatic carbocycles. The lowest BCUT2D eigenvalue weighted by atomic mass is 10.0. The normalized spacial score (nSPS) is 19.9. The molecule has 1 aliphatic rings. The lowest BCUT2D eigenvalue weighted by molar-refractivity contribution is -0.122. The van der Waals surface area contributed by atoms with E-state index in [1.807, 2.05) is 42.5 Å². The van der Waals surface area contributed by atoms with Gasteiger partial charge in [0.2, 0.25) is 5.91 Å². The number of rotatable bonds is 2. The fraction of sp³-hybridized carbons (Fsp3) is 0.312. The van der Waals surface area contributed by atoms with Gasteiger partial charge >= 0.3 is 0 Å².